The highest BCUT2D eigenvalue weighted by Gasteiger charge is 2.45. The van der Waals surface area contributed by atoms with Gasteiger partial charge in [0.15, 0.2) is 0 Å². The number of aliphatic hydroxyl groups is 1. The fourth-order valence-corrected chi connectivity index (χ4v) is 8.91. The summed E-state index contributed by atoms with van der Waals surface area (Å²) in [4.78, 5) is 68.3. The van der Waals surface area contributed by atoms with Gasteiger partial charge in [-0.2, -0.15) is 9.97 Å². The van der Waals surface area contributed by atoms with Crippen LogP contribution >= 0.6 is 0 Å². The summed E-state index contributed by atoms with van der Waals surface area (Å²) in [6.45, 7) is 10.2. The maximum atomic E-state index is 13.3. The first kappa shape index (κ1) is 43.8. The molecule has 4 aromatic rings. The molecule has 5 heterocycles. The number of piperidine rings is 1. The Morgan fingerprint density at radius 1 is 0.841 bits per heavy atom. The third-order valence-corrected chi connectivity index (χ3v) is 12.1. The quantitative estimate of drug-likeness (QED) is 0.0976. The van der Waals surface area contributed by atoms with E-state index in [0.717, 1.165) is 34.9 Å². The van der Waals surface area contributed by atoms with E-state index in [4.69, 9.17) is 28.9 Å². The van der Waals surface area contributed by atoms with Gasteiger partial charge in [-0.1, -0.05) is 49.4 Å². The number of piperazine rings is 1. The minimum atomic E-state index is -1.31. The lowest BCUT2D eigenvalue weighted by Crippen LogP contribution is -2.57. The number of hydrogen-bond acceptors (Lipinski definition) is 14. The van der Waals surface area contributed by atoms with Crippen molar-refractivity contribution in [1.82, 2.24) is 25.1 Å². The van der Waals surface area contributed by atoms with E-state index < -0.39 is 24.1 Å². The summed E-state index contributed by atoms with van der Waals surface area (Å²) in [7, 11) is 0. The Morgan fingerprint density at radius 3 is 2.37 bits per heavy atom. The van der Waals surface area contributed by atoms with Gasteiger partial charge in [0.05, 0.1) is 69.0 Å². The van der Waals surface area contributed by atoms with Crippen molar-refractivity contribution in [3.8, 4) is 6.01 Å². The Hall–Kier alpha value is -5.88. The molecule has 8 rings (SSSR count). The highest BCUT2D eigenvalue weighted by molar-refractivity contribution is 6.24. The molecule has 0 radical (unpaired) electrons. The maximum absolute atomic E-state index is 13.3. The van der Waals surface area contributed by atoms with Crippen LogP contribution in [0.15, 0.2) is 60.7 Å². The largest absolute Gasteiger partial charge is 0.461 e. The average Bonchev–Trinajstić information content (AvgIpc) is 3.55. The predicted octanol–water partition coefficient (Wildman–Crippen LogP) is 3.37. The summed E-state index contributed by atoms with van der Waals surface area (Å²) < 4.78 is 23.3. The number of benzene rings is 3. The molecule has 3 N–H and O–H groups in total. The standard InChI is InChI=1S/C46H56N8O9/c1-3-40(56)53-20-19-52(28-30(53)2)42-33-16-18-51(37-13-6-9-31-8-4-5-10-32(31)37)29-36(33)48-46(50-42)63-27-26-62-25-24-61-23-22-60-21-17-47-35-12-7-11-34-41(35)45(59)54(44(34)58)38-14-15-39(55)49-43(38)57/h4-13,30,38,43,47,57H,3,14-29H2,1-2H3,(H,49,55)/t30-,38?,43?/m1/s1. The van der Waals surface area contributed by atoms with Crippen LogP contribution in [0.5, 0.6) is 6.01 Å². The summed E-state index contributed by atoms with van der Waals surface area (Å²) >= 11 is 0. The molecule has 63 heavy (non-hydrogen) atoms. The monoisotopic (exact) mass is 864 g/mol. The summed E-state index contributed by atoms with van der Waals surface area (Å²) in [6.07, 6.45) is 0.286. The van der Waals surface area contributed by atoms with Gasteiger partial charge < -0.3 is 49.4 Å². The molecule has 2 fully saturated rings. The summed E-state index contributed by atoms with van der Waals surface area (Å²) in [5, 5.41) is 18.3. The van der Waals surface area contributed by atoms with Crippen LogP contribution in [0.2, 0.25) is 0 Å². The average molecular weight is 865 g/mol. The molecule has 0 aliphatic carbocycles. The predicted molar refractivity (Wildman–Crippen MR) is 235 cm³/mol. The van der Waals surface area contributed by atoms with Gasteiger partial charge in [0, 0.05) is 73.9 Å². The number of hydrogen-bond donors (Lipinski definition) is 3. The molecule has 334 valence electrons. The zero-order chi connectivity index (χ0) is 43.9. The number of rotatable bonds is 18. The Labute approximate surface area is 366 Å². The molecule has 0 saturated carbocycles. The second kappa shape index (κ2) is 20.1. The van der Waals surface area contributed by atoms with E-state index in [1.165, 1.54) is 16.5 Å². The molecule has 2 saturated heterocycles. The minimum Gasteiger partial charge on any atom is -0.461 e. The van der Waals surface area contributed by atoms with E-state index in [1.807, 2.05) is 11.8 Å². The van der Waals surface area contributed by atoms with E-state index >= 15 is 0 Å². The highest BCUT2D eigenvalue weighted by atomic mass is 16.6. The minimum absolute atomic E-state index is 0.0594. The number of carbonyl (C=O) groups is 4. The molecule has 3 aromatic carbocycles. The third-order valence-electron chi connectivity index (χ3n) is 12.1. The van der Waals surface area contributed by atoms with Gasteiger partial charge in [0.2, 0.25) is 11.8 Å². The summed E-state index contributed by atoms with van der Waals surface area (Å²) in [6, 6.07) is 19.4. The highest BCUT2D eigenvalue weighted by Crippen LogP contribution is 2.36. The summed E-state index contributed by atoms with van der Waals surface area (Å²) in [5.41, 5.74) is 4.25. The molecule has 0 bridgehead atoms. The molecule has 4 amide bonds. The molecule has 3 atom stereocenters. The van der Waals surface area contributed by atoms with Crippen molar-refractivity contribution in [3.05, 3.63) is 83.0 Å². The molecule has 17 heteroatoms. The Balaban J connectivity index is 0.771. The molecule has 2 unspecified atom stereocenters. The SMILES string of the molecule is CCC(=O)N1CCN(c2nc(OCCOCCOCCOCCNc3cccc4c3C(=O)N(C3CCC(=O)NC3O)C4=O)nc3c2CCN(c2cccc4ccccc24)C3)C[C@H]1C. The van der Waals surface area contributed by atoms with Crippen LogP contribution in [0.1, 0.15) is 65.1 Å². The number of aliphatic hydroxyl groups excluding tert-OH is 1. The van der Waals surface area contributed by atoms with Crippen molar-refractivity contribution in [3.63, 3.8) is 0 Å². The van der Waals surface area contributed by atoms with Crippen LogP contribution in [-0.2, 0) is 36.8 Å². The number of anilines is 3. The van der Waals surface area contributed by atoms with E-state index in [2.05, 4.69) is 69.8 Å². The van der Waals surface area contributed by atoms with Gasteiger partial charge in [0.1, 0.15) is 18.7 Å². The van der Waals surface area contributed by atoms with E-state index in [0.29, 0.717) is 90.5 Å². The molecule has 4 aliphatic rings. The lowest BCUT2D eigenvalue weighted by molar-refractivity contribution is -0.133. The number of nitrogens with zero attached hydrogens (tertiary/aromatic N) is 6. The topological polar surface area (TPSA) is 188 Å². The van der Waals surface area contributed by atoms with E-state index in [-0.39, 0.29) is 48.4 Å². The first-order valence-corrected chi connectivity index (χ1v) is 22.0. The lowest BCUT2D eigenvalue weighted by atomic mass is 10.0. The zero-order valence-electron chi connectivity index (χ0n) is 35.9. The van der Waals surface area contributed by atoms with Crippen molar-refractivity contribution < 1.29 is 43.2 Å². The summed E-state index contributed by atoms with van der Waals surface area (Å²) in [5.74, 6) is -0.266. The van der Waals surface area contributed by atoms with Crippen LogP contribution < -0.4 is 25.2 Å². The van der Waals surface area contributed by atoms with Gasteiger partial charge in [-0.15, -0.1) is 0 Å². The number of ether oxygens (including phenoxy) is 4. The van der Waals surface area contributed by atoms with Gasteiger partial charge in [-0.3, -0.25) is 24.1 Å². The van der Waals surface area contributed by atoms with Crippen molar-refractivity contribution in [1.29, 1.82) is 0 Å². The van der Waals surface area contributed by atoms with Gasteiger partial charge in [-0.05, 0) is 43.4 Å². The molecule has 0 spiro atoms. The number of nitrogens with one attached hydrogen (secondary N) is 2. The fourth-order valence-electron chi connectivity index (χ4n) is 8.91. The van der Waals surface area contributed by atoms with Gasteiger partial charge in [-0.25, -0.2) is 0 Å². The number of aromatic nitrogens is 2. The van der Waals surface area contributed by atoms with E-state index in [1.54, 1.807) is 18.2 Å². The van der Waals surface area contributed by atoms with Crippen LogP contribution in [0.3, 0.4) is 0 Å². The number of imide groups is 1. The fraction of sp³-hybridized carbons (Fsp3) is 0.478. The van der Waals surface area contributed by atoms with Crippen LogP contribution in [0, 0.1) is 0 Å². The zero-order valence-corrected chi connectivity index (χ0v) is 35.9. The normalized spacial score (nSPS) is 19.9. The first-order chi connectivity index (χ1) is 30.7. The molecule has 1 aromatic heterocycles. The smallest absolute Gasteiger partial charge is 0.318 e. The van der Waals surface area contributed by atoms with Crippen LogP contribution in [-0.4, -0.2) is 146 Å². The van der Waals surface area contributed by atoms with Gasteiger partial charge >= 0.3 is 6.01 Å². The second-order valence-corrected chi connectivity index (χ2v) is 16.1. The van der Waals surface area contributed by atoms with Crippen molar-refractivity contribution in [2.24, 2.45) is 0 Å². The number of amides is 4. The van der Waals surface area contributed by atoms with Crippen molar-refractivity contribution in [2.45, 2.75) is 64.4 Å². The van der Waals surface area contributed by atoms with Crippen molar-refractivity contribution >= 4 is 51.6 Å². The number of carbonyl (C=O) groups excluding carboxylic acids is 4. The van der Waals surface area contributed by atoms with E-state index in [9.17, 15) is 24.3 Å². The molecule has 17 nitrogen and oxygen atoms in total. The Bertz CT molecular complexity index is 2310. The van der Waals surface area contributed by atoms with Crippen LogP contribution in [0.25, 0.3) is 10.8 Å². The Kier molecular flexibility index (Phi) is 14.0. The first-order valence-electron chi connectivity index (χ1n) is 22.0. The third kappa shape index (κ3) is 9.71. The molecular weight excluding hydrogens is 809 g/mol. The maximum Gasteiger partial charge on any atom is 0.318 e. The van der Waals surface area contributed by atoms with Gasteiger partial charge in [0.25, 0.3) is 11.8 Å². The second-order valence-electron chi connectivity index (χ2n) is 16.1. The van der Waals surface area contributed by atoms with Crippen molar-refractivity contribution in [2.75, 3.05) is 94.1 Å². The lowest BCUT2D eigenvalue weighted by Gasteiger charge is -2.42. The Morgan fingerprint density at radius 2 is 1.59 bits per heavy atom. The molecule has 4 aliphatic heterocycles. The van der Waals surface area contributed by atoms with Crippen LogP contribution in [0.4, 0.5) is 17.2 Å². The molecular formula is C46H56N8O9. The number of fused-ring (bicyclic) bond motifs is 3.